The second-order valence-corrected chi connectivity index (χ2v) is 5.16. The Morgan fingerprint density at radius 2 is 2.11 bits per heavy atom. The van der Waals surface area contributed by atoms with Gasteiger partial charge in [-0.25, -0.2) is 4.98 Å². The zero-order valence-electron chi connectivity index (χ0n) is 10.2. The zero-order valence-corrected chi connectivity index (χ0v) is 11.8. The van der Waals surface area contributed by atoms with Gasteiger partial charge in [0.15, 0.2) is 0 Å². The van der Waals surface area contributed by atoms with Crippen LogP contribution in [0.25, 0.3) is 22.4 Å². The van der Waals surface area contributed by atoms with Gasteiger partial charge in [0.1, 0.15) is 5.82 Å². The summed E-state index contributed by atoms with van der Waals surface area (Å²) in [4.78, 5) is 7.83. The molecule has 0 amide bonds. The number of imidazole rings is 1. The summed E-state index contributed by atoms with van der Waals surface area (Å²) in [6.07, 6.45) is 0. The molecular formula is C15H10BrN3. The average Bonchev–Trinajstić information content (AvgIpc) is 2.84. The fourth-order valence-electron chi connectivity index (χ4n) is 2.04. The number of benzene rings is 2. The van der Waals surface area contributed by atoms with Crippen LogP contribution in [-0.2, 0) is 0 Å². The standard InChI is InChI=1S/C15H10BrN3/c1-9-3-2-4-11(14(9)16)15-18-12-6-5-10(8-17)7-13(12)19-15/h2-7H,1H3,(H,18,19). The largest absolute Gasteiger partial charge is 0.338 e. The fraction of sp³-hybridized carbons (Fsp3) is 0.0667. The number of aromatic nitrogens is 2. The highest BCUT2D eigenvalue weighted by atomic mass is 79.9. The Bertz CT molecular complexity index is 812. The molecule has 4 heteroatoms. The van der Waals surface area contributed by atoms with E-state index in [0.29, 0.717) is 5.56 Å². The van der Waals surface area contributed by atoms with Crippen molar-refractivity contribution in [3.63, 3.8) is 0 Å². The number of nitrogens with zero attached hydrogens (tertiary/aromatic N) is 2. The minimum atomic E-state index is 0.631. The third-order valence-electron chi connectivity index (χ3n) is 3.06. The first-order chi connectivity index (χ1) is 9.19. The lowest BCUT2D eigenvalue weighted by Crippen LogP contribution is -1.84. The third-order valence-corrected chi connectivity index (χ3v) is 4.11. The van der Waals surface area contributed by atoms with Gasteiger partial charge < -0.3 is 4.98 Å². The number of fused-ring (bicyclic) bond motifs is 1. The number of rotatable bonds is 1. The van der Waals surface area contributed by atoms with Gasteiger partial charge >= 0.3 is 0 Å². The predicted octanol–water partition coefficient (Wildman–Crippen LogP) is 4.17. The van der Waals surface area contributed by atoms with Gasteiger partial charge in [0.05, 0.1) is 22.7 Å². The van der Waals surface area contributed by atoms with E-state index in [4.69, 9.17) is 5.26 Å². The normalized spacial score (nSPS) is 10.6. The molecule has 0 spiro atoms. The van der Waals surface area contributed by atoms with Crippen molar-refractivity contribution in [2.75, 3.05) is 0 Å². The van der Waals surface area contributed by atoms with E-state index in [1.54, 1.807) is 6.07 Å². The van der Waals surface area contributed by atoms with Gasteiger partial charge in [0.2, 0.25) is 0 Å². The number of H-pyrrole nitrogens is 1. The second-order valence-electron chi connectivity index (χ2n) is 4.37. The molecule has 2 aromatic carbocycles. The molecule has 0 aliphatic carbocycles. The summed E-state index contributed by atoms with van der Waals surface area (Å²) in [6, 6.07) is 13.6. The molecule has 19 heavy (non-hydrogen) atoms. The summed E-state index contributed by atoms with van der Waals surface area (Å²) in [6.45, 7) is 2.05. The summed E-state index contributed by atoms with van der Waals surface area (Å²) < 4.78 is 1.04. The van der Waals surface area contributed by atoms with Crippen LogP contribution in [0.2, 0.25) is 0 Å². The third kappa shape index (κ3) is 2.02. The Morgan fingerprint density at radius 1 is 1.26 bits per heavy atom. The van der Waals surface area contributed by atoms with Crippen LogP contribution in [-0.4, -0.2) is 9.97 Å². The summed E-state index contributed by atoms with van der Waals surface area (Å²) in [5.74, 6) is 0.806. The lowest BCUT2D eigenvalue weighted by molar-refractivity contribution is 1.31. The number of nitriles is 1. The van der Waals surface area contributed by atoms with Crippen LogP contribution in [0.3, 0.4) is 0 Å². The van der Waals surface area contributed by atoms with E-state index < -0.39 is 0 Å². The Kier molecular flexibility index (Phi) is 2.84. The van der Waals surface area contributed by atoms with Crippen LogP contribution in [0.4, 0.5) is 0 Å². The monoisotopic (exact) mass is 311 g/mol. The number of hydrogen-bond acceptors (Lipinski definition) is 2. The van der Waals surface area contributed by atoms with Gasteiger partial charge in [-0.15, -0.1) is 0 Å². The van der Waals surface area contributed by atoms with E-state index in [0.717, 1.165) is 32.5 Å². The highest BCUT2D eigenvalue weighted by molar-refractivity contribution is 9.10. The van der Waals surface area contributed by atoms with Gasteiger partial charge in [-0.1, -0.05) is 18.2 Å². The van der Waals surface area contributed by atoms with Crippen molar-refractivity contribution in [2.24, 2.45) is 0 Å². The Morgan fingerprint density at radius 3 is 2.89 bits per heavy atom. The predicted molar refractivity (Wildman–Crippen MR) is 78.7 cm³/mol. The van der Waals surface area contributed by atoms with Crippen LogP contribution < -0.4 is 0 Å². The topological polar surface area (TPSA) is 52.5 Å². The highest BCUT2D eigenvalue weighted by Crippen LogP contribution is 2.30. The first-order valence-corrected chi connectivity index (χ1v) is 6.63. The van der Waals surface area contributed by atoms with Gasteiger partial charge in [-0.2, -0.15) is 5.26 Å². The molecule has 0 aliphatic rings. The van der Waals surface area contributed by atoms with E-state index in [9.17, 15) is 0 Å². The molecule has 0 aliphatic heterocycles. The molecule has 0 radical (unpaired) electrons. The lowest BCUT2D eigenvalue weighted by atomic mass is 10.1. The van der Waals surface area contributed by atoms with Crippen molar-refractivity contribution in [3.05, 3.63) is 52.0 Å². The van der Waals surface area contributed by atoms with E-state index in [1.807, 2.05) is 37.3 Å². The fourth-order valence-corrected chi connectivity index (χ4v) is 2.49. The van der Waals surface area contributed by atoms with E-state index in [-0.39, 0.29) is 0 Å². The second kappa shape index (κ2) is 4.52. The van der Waals surface area contributed by atoms with Crippen LogP contribution in [0.1, 0.15) is 11.1 Å². The van der Waals surface area contributed by atoms with E-state index in [1.165, 1.54) is 0 Å². The molecule has 1 N–H and O–H groups in total. The molecule has 92 valence electrons. The number of hydrogen-bond donors (Lipinski definition) is 1. The van der Waals surface area contributed by atoms with Crippen LogP contribution in [0.15, 0.2) is 40.9 Å². The maximum Gasteiger partial charge on any atom is 0.139 e. The van der Waals surface area contributed by atoms with Crippen LogP contribution >= 0.6 is 15.9 Å². The molecule has 0 bridgehead atoms. The first-order valence-electron chi connectivity index (χ1n) is 5.84. The van der Waals surface area contributed by atoms with E-state index in [2.05, 4.69) is 32.0 Å². The Hall–Kier alpha value is -2.12. The van der Waals surface area contributed by atoms with Gasteiger partial charge in [0, 0.05) is 10.0 Å². The molecule has 1 aromatic heterocycles. The maximum atomic E-state index is 8.91. The molecule has 3 nitrogen and oxygen atoms in total. The van der Waals surface area contributed by atoms with Crippen molar-refractivity contribution >= 4 is 27.0 Å². The first kappa shape index (κ1) is 11.9. The van der Waals surface area contributed by atoms with Gasteiger partial charge in [-0.05, 0) is 46.6 Å². The number of aromatic amines is 1. The minimum absolute atomic E-state index is 0.631. The van der Waals surface area contributed by atoms with Gasteiger partial charge in [0.25, 0.3) is 0 Å². The lowest BCUT2D eigenvalue weighted by Gasteiger charge is -2.03. The van der Waals surface area contributed by atoms with Crippen molar-refractivity contribution in [1.29, 1.82) is 5.26 Å². The maximum absolute atomic E-state index is 8.91. The number of aryl methyl sites for hydroxylation is 1. The van der Waals surface area contributed by atoms with Crippen molar-refractivity contribution in [1.82, 2.24) is 9.97 Å². The molecule has 0 atom stereocenters. The summed E-state index contributed by atoms with van der Waals surface area (Å²) in [5.41, 5.74) is 4.56. The van der Waals surface area contributed by atoms with Crippen LogP contribution in [0.5, 0.6) is 0 Å². The molecule has 1 heterocycles. The highest BCUT2D eigenvalue weighted by Gasteiger charge is 2.10. The molecular weight excluding hydrogens is 302 g/mol. The molecule has 0 fully saturated rings. The number of halogens is 1. The van der Waals surface area contributed by atoms with E-state index >= 15 is 0 Å². The quantitative estimate of drug-likeness (QED) is 0.733. The Balaban J connectivity index is 2.21. The Labute approximate surface area is 119 Å². The molecule has 0 unspecified atom stereocenters. The van der Waals surface area contributed by atoms with Crippen molar-refractivity contribution < 1.29 is 0 Å². The summed E-state index contributed by atoms with van der Waals surface area (Å²) in [7, 11) is 0. The average molecular weight is 312 g/mol. The molecule has 0 saturated carbocycles. The van der Waals surface area contributed by atoms with Crippen molar-refractivity contribution in [3.8, 4) is 17.5 Å². The SMILES string of the molecule is Cc1cccc(-c2nc3ccc(C#N)cc3[nH]2)c1Br. The molecule has 3 rings (SSSR count). The summed E-state index contributed by atoms with van der Waals surface area (Å²) >= 11 is 3.59. The minimum Gasteiger partial charge on any atom is -0.338 e. The zero-order chi connectivity index (χ0) is 13.4. The number of nitrogens with one attached hydrogen (secondary N) is 1. The molecule has 3 aromatic rings. The van der Waals surface area contributed by atoms with Gasteiger partial charge in [-0.3, -0.25) is 0 Å². The van der Waals surface area contributed by atoms with Crippen molar-refractivity contribution in [2.45, 2.75) is 6.92 Å². The smallest absolute Gasteiger partial charge is 0.139 e. The summed E-state index contributed by atoms with van der Waals surface area (Å²) in [5, 5.41) is 8.91. The van der Waals surface area contributed by atoms with Crippen LogP contribution in [0, 0.1) is 18.3 Å². The molecule has 0 saturated heterocycles.